The van der Waals surface area contributed by atoms with E-state index < -0.39 is 0 Å². The summed E-state index contributed by atoms with van der Waals surface area (Å²) in [5, 5.41) is 0.716. The Bertz CT molecular complexity index is 448. The molecule has 5 heteroatoms. The summed E-state index contributed by atoms with van der Waals surface area (Å²) >= 11 is 6.44. The van der Waals surface area contributed by atoms with Crippen molar-refractivity contribution in [3.63, 3.8) is 0 Å². The Labute approximate surface area is 125 Å². The van der Waals surface area contributed by atoms with E-state index in [-0.39, 0.29) is 6.04 Å². The van der Waals surface area contributed by atoms with Gasteiger partial charge in [-0.05, 0) is 50.5 Å². The maximum Gasteiger partial charge on any atom is 0.162 e. The van der Waals surface area contributed by atoms with Crippen LogP contribution in [0.15, 0.2) is 12.1 Å². The number of nitrogens with two attached hydrogens (primary N) is 1. The van der Waals surface area contributed by atoms with Crippen LogP contribution in [0.2, 0.25) is 5.02 Å². The van der Waals surface area contributed by atoms with Gasteiger partial charge in [-0.3, -0.25) is 4.90 Å². The molecule has 1 aliphatic heterocycles. The van der Waals surface area contributed by atoms with Crippen molar-refractivity contribution in [2.24, 2.45) is 5.73 Å². The third-order valence-corrected chi connectivity index (χ3v) is 4.21. The van der Waals surface area contributed by atoms with Gasteiger partial charge in [0.15, 0.2) is 11.5 Å². The summed E-state index contributed by atoms with van der Waals surface area (Å²) in [6.45, 7) is 2.86. The van der Waals surface area contributed by atoms with Crippen molar-refractivity contribution >= 4 is 11.6 Å². The lowest BCUT2D eigenvalue weighted by Gasteiger charge is -2.29. The highest BCUT2D eigenvalue weighted by Crippen LogP contribution is 2.39. The van der Waals surface area contributed by atoms with Gasteiger partial charge in [0.05, 0.1) is 14.2 Å². The zero-order chi connectivity index (χ0) is 14.5. The number of methoxy groups -OCH3 is 2. The molecule has 0 amide bonds. The van der Waals surface area contributed by atoms with Crippen LogP contribution in [-0.2, 0) is 0 Å². The monoisotopic (exact) mass is 298 g/mol. The van der Waals surface area contributed by atoms with Crippen LogP contribution in [0, 0.1) is 0 Å². The highest BCUT2D eigenvalue weighted by atomic mass is 35.5. The van der Waals surface area contributed by atoms with E-state index in [9.17, 15) is 0 Å². The van der Waals surface area contributed by atoms with E-state index in [4.69, 9.17) is 26.8 Å². The van der Waals surface area contributed by atoms with E-state index >= 15 is 0 Å². The second-order valence-corrected chi connectivity index (χ2v) is 5.47. The zero-order valence-corrected chi connectivity index (χ0v) is 12.9. The molecule has 0 aromatic heterocycles. The summed E-state index contributed by atoms with van der Waals surface area (Å²) in [5.41, 5.74) is 6.87. The fourth-order valence-electron chi connectivity index (χ4n) is 2.87. The molecule has 1 aromatic rings. The molecule has 112 valence electrons. The number of benzene rings is 1. The summed E-state index contributed by atoms with van der Waals surface area (Å²) in [6.07, 6.45) is 3.38. The fourth-order valence-corrected chi connectivity index (χ4v) is 3.15. The van der Waals surface area contributed by atoms with Crippen molar-refractivity contribution in [2.75, 3.05) is 33.9 Å². The van der Waals surface area contributed by atoms with Crippen LogP contribution in [0.3, 0.4) is 0 Å². The molecule has 0 aliphatic carbocycles. The Hall–Kier alpha value is -0.970. The second-order valence-electron chi connectivity index (χ2n) is 5.06. The highest BCUT2D eigenvalue weighted by Gasteiger charge is 2.26. The van der Waals surface area contributed by atoms with Gasteiger partial charge in [0.1, 0.15) is 0 Å². The van der Waals surface area contributed by atoms with E-state index in [0.29, 0.717) is 23.1 Å². The molecule has 2 rings (SSSR count). The minimum Gasteiger partial charge on any atom is -0.493 e. The molecule has 1 atom stereocenters. The van der Waals surface area contributed by atoms with E-state index in [0.717, 1.165) is 25.1 Å². The third kappa shape index (κ3) is 3.19. The lowest BCUT2D eigenvalue weighted by atomic mass is 10.0. The summed E-state index contributed by atoms with van der Waals surface area (Å²) in [6, 6.07) is 4.07. The Morgan fingerprint density at radius 2 is 1.80 bits per heavy atom. The molecule has 1 heterocycles. The number of ether oxygens (including phenoxy) is 2. The van der Waals surface area contributed by atoms with E-state index in [1.807, 2.05) is 12.1 Å². The molecular weight excluding hydrogens is 276 g/mol. The van der Waals surface area contributed by atoms with Crippen molar-refractivity contribution in [1.82, 2.24) is 4.90 Å². The minimum atomic E-state index is 0.259. The molecule has 0 spiro atoms. The second kappa shape index (κ2) is 7.16. The van der Waals surface area contributed by atoms with Crippen LogP contribution < -0.4 is 15.2 Å². The van der Waals surface area contributed by atoms with Gasteiger partial charge in [-0.1, -0.05) is 11.6 Å². The molecule has 1 saturated heterocycles. The van der Waals surface area contributed by atoms with Gasteiger partial charge in [-0.25, -0.2) is 0 Å². The van der Waals surface area contributed by atoms with Gasteiger partial charge in [0, 0.05) is 17.1 Å². The normalized spacial score (nSPS) is 17.2. The third-order valence-electron chi connectivity index (χ3n) is 3.88. The lowest BCUT2D eigenvalue weighted by molar-refractivity contribution is 0.235. The lowest BCUT2D eigenvalue weighted by Crippen LogP contribution is -2.27. The van der Waals surface area contributed by atoms with E-state index in [2.05, 4.69) is 4.90 Å². The Balaban J connectivity index is 2.36. The first-order valence-corrected chi connectivity index (χ1v) is 7.44. The zero-order valence-electron chi connectivity index (χ0n) is 12.2. The molecule has 20 heavy (non-hydrogen) atoms. The molecule has 4 nitrogen and oxygen atoms in total. The summed E-state index contributed by atoms with van der Waals surface area (Å²) in [7, 11) is 3.26. The Morgan fingerprint density at radius 3 is 2.35 bits per heavy atom. The maximum absolute atomic E-state index is 6.44. The topological polar surface area (TPSA) is 47.7 Å². The predicted octanol–water partition coefficient (Wildman–Crippen LogP) is 2.84. The summed E-state index contributed by atoms with van der Waals surface area (Å²) in [4.78, 5) is 2.46. The molecule has 0 radical (unpaired) electrons. The van der Waals surface area contributed by atoms with Crippen molar-refractivity contribution < 1.29 is 9.47 Å². The van der Waals surface area contributed by atoms with Crippen LogP contribution in [0.1, 0.15) is 30.9 Å². The fraction of sp³-hybridized carbons (Fsp3) is 0.600. The van der Waals surface area contributed by atoms with Gasteiger partial charge in [0.2, 0.25) is 0 Å². The van der Waals surface area contributed by atoms with Crippen molar-refractivity contribution in [2.45, 2.75) is 25.3 Å². The number of halogens is 1. The van der Waals surface area contributed by atoms with Gasteiger partial charge >= 0.3 is 0 Å². The SMILES string of the molecule is COc1cc(Cl)c(C(CCN)N2CCCC2)cc1OC. The standard InChI is InChI=1S/C15H23ClN2O2/c1-19-14-9-11(12(16)10-15(14)20-2)13(5-6-17)18-7-3-4-8-18/h9-10,13H,3-8,17H2,1-2H3. The van der Waals surface area contributed by atoms with E-state index in [1.54, 1.807) is 14.2 Å². The van der Waals surface area contributed by atoms with Gasteiger partial charge < -0.3 is 15.2 Å². The number of hydrogen-bond donors (Lipinski definition) is 1. The van der Waals surface area contributed by atoms with Gasteiger partial charge in [-0.2, -0.15) is 0 Å². The van der Waals surface area contributed by atoms with Crippen molar-refractivity contribution in [1.29, 1.82) is 0 Å². The first-order chi connectivity index (χ1) is 9.71. The number of hydrogen-bond acceptors (Lipinski definition) is 4. The van der Waals surface area contributed by atoms with E-state index in [1.165, 1.54) is 12.8 Å². The van der Waals surface area contributed by atoms with Gasteiger partial charge in [-0.15, -0.1) is 0 Å². The smallest absolute Gasteiger partial charge is 0.162 e. The summed E-state index contributed by atoms with van der Waals surface area (Å²) in [5.74, 6) is 1.38. The molecule has 1 aliphatic rings. The molecule has 0 saturated carbocycles. The maximum atomic E-state index is 6.44. The number of likely N-dealkylation sites (tertiary alicyclic amines) is 1. The Kier molecular flexibility index (Phi) is 5.52. The van der Waals surface area contributed by atoms with Crippen LogP contribution in [-0.4, -0.2) is 38.8 Å². The molecule has 1 unspecified atom stereocenters. The molecular formula is C15H23ClN2O2. The van der Waals surface area contributed by atoms with Crippen molar-refractivity contribution in [3.05, 3.63) is 22.7 Å². The molecule has 2 N–H and O–H groups in total. The van der Waals surface area contributed by atoms with Crippen LogP contribution >= 0.6 is 11.6 Å². The van der Waals surface area contributed by atoms with Crippen LogP contribution in [0.25, 0.3) is 0 Å². The van der Waals surface area contributed by atoms with Crippen LogP contribution in [0.4, 0.5) is 0 Å². The molecule has 0 bridgehead atoms. The highest BCUT2D eigenvalue weighted by molar-refractivity contribution is 6.31. The average molecular weight is 299 g/mol. The molecule has 1 fully saturated rings. The Morgan fingerprint density at radius 1 is 1.20 bits per heavy atom. The average Bonchev–Trinajstić information content (AvgIpc) is 2.98. The minimum absolute atomic E-state index is 0.259. The predicted molar refractivity (Wildman–Crippen MR) is 81.8 cm³/mol. The van der Waals surface area contributed by atoms with Crippen LogP contribution in [0.5, 0.6) is 11.5 Å². The van der Waals surface area contributed by atoms with Crippen molar-refractivity contribution in [3.8, 4) is 11.5 Å². The first kappa shape index (κ1) is 15.4. The van der Waals surface area contributed by atoms with Gasteiger partial charge in [0.25, 0.3) is 0 Å². The number of rotatable bonds is 6. The largest absolute Gasteiger partial charge is 0.493 e. The summed E-state index contributed by atoms with van der Waals surface area (Å²) < 4.78 is 10.7. The first-order valence-electron chi connectivity index (χ1n) is 7.06. The molecule has 1 aromatic carbocycles. The quantitative estimate of drug-likeness (QED) is 0.877. The number of nitrogens with zero attached hydrogens (tertiary/aromatic N) is 1.